The first kappa shape index (κ1) is 14.2. The summed E-state index contributed by atoms with van der Waals surface area (Å²) < 4.78 is 0. The van der Waals surface area contributed by atoms with E-state index in [-0.39, 0.29) is 5.91 Å². The van der Waals surface area contributed by atoms with E-state index in [2.05, 4.69) is 15.5 Å². The molecular weight excluding hydrogens is 298 g/mol. The monoisotopic (exact) mass is 309 g/mol. The average molecular weight is 310 g/mol. The van der Waals surface area contributed by atoms with Crippen molar-refractivity contribution in [1.29, 1.82) is 0 Å². The summed E-state index contributed by atoms with van der Waals surface area (Å²) in [6, 6.07) is 16.4. The van der Waals surface area contributed by atoms with Gasteiger partial charge in [0.25, 0.3) is 5.91 Å². The second-order valence-corrected chi connectivity index (χ2v) is 5.06. The van der Waals surface area contributed by atoms with Crippen molar-refractivity contribution < 1.29 is 4.79 Å². The highest BCUT2D eigenvalue weighted by atomic mass is 35.5. The molecule has 0 atom stereocenters. The van der Waals surface area contributed by atoms with Crippen molar-refractivity contribution in [2.24, 2.45) is 5.10 Å². The van der Waals surface area contributed by atoms with Crippen LogP contribution in [0.3, 0.4) is 0 Å². The number of pyridine rings is 1. The Morgan fingerprint density at radius 1 is 1.09 bits per heavy atom. The van der Waals surface area contributed by atoms with Crippen LogP contribution in [0.4, 0.5) is 0 Å². The SMILES string of the molecule is O=C(NN=Cc1nccc2ccccc12)c1ccc(Cl)cc1. The molecule has 1 amide bonds. The molecule has 3 rings (SSSR count). The number of hydrogen-bond acceptors (Lipinski definition) is 3. The molecule has 0 radical (unpaired) electrons. The Bertz CT molecular complexity index is 839. The summed E-state index contributed by atoms with van der Waals surface area (Å²) in [4.78, 5) is 16.2. The first-order valence-corrected chi connectivity index (χ1v) is 7.04. The van der Waals surface area contributed by atoms with Gasteiger partial charge in [0.15, 0.2) is 0 Å². The Balaban J connectivity index is 1.76. The summed E-state index contributed by atoms with van der Waals surface area (Å²) in [6.07, 6.45) is 3.25. The zero-order chi connectivity index (χ0) is 15.4. The highest BCUT2D eigenvalue weighted by Crippen LogP contribution is 2.14. The number of aromatic nitrogens is 1. The lowest BCUT2D eigenvalue weighted by molar-refractivity contribution is 0.0955. The Labute approximate surface area is 132 Å². The van der Waals surface area contributed by atoms with Crippen LogP contribution in [-0.4, -0.2) is 17.1 Å². The van der Waals surface area contributed by atoms with Crippen LogP contribution in [0, 0.1) is 0 Å². The number of halogens is 1. The molecule has 1 aromatic heterocycles. The van der Waals surface area contributed by atoms with Crippen LogP contribution in [0.15, 0.2) is 65.9 Å². The van der Waals surface area contributed by atoms with Gasteiger partial charge in [0, 0.05) is 22.2 Å². The zero-order valence-electron chi connectivity index (χ0n) is 11.5. The van der Waals surface area contributed by atoms with Gasteiger partial charge in [-0.3, -0.25) is 9.78 Å². The van der Waals surface area contributed by atoms with E-state index < -0.39 is 0 Å². The third-order valence-electron chi connectivity index (χ3n) is 3.16. The molecule has 0 aliphatic heterocycles. The standard InChI is InChI=1S/C17H12ClN3O/c18-14-7-5-13(6-8-14)17(22)21-20-11-16-15-4-2-1-3-12(15)9-10-19-16/h1-11H,(H,21,22). The summed E-state index contributed by atoms with van der Waals surface area (Å²) in [5.74, 6) is -0.298. The molecule has 0 saturated heterocycles. The van der Waals surface area contributed by atoms with E-state index in [0.29, 0.717) is 16.3 Å². The first-order valence-electron chi connectivity index (χ1n) is 6.67. The largest absolute Gasteiger partial charge is 0.271 e. The van der Waals surface area contributed by atoms with Gasteiger partial charge in [-0.2, -0.15) is 5.10 Å². The number of carbonyl (C=O) groups excluding carboxylic acids is 1. The fraction of sp³-hybridized carbons (Fsp3) is 0. The van der Waals surface area contributed by atoms with Crippen molar-refractivity contribution >= 4 is 34.5 Å². The van der Waals surface area contributed by atoms with Crippen LogP contribution in [0.2, 0.25) is 5.02 Å². The maximum Gasteiger partial charge on any atom is 0.271 e. The van der Waals surface area contributed by atoms with E-state index in [1.165, 1.54) is 6.21 Å². The Morgan fingerprint density at radius 3 is 2.68 bits per heavy atom. The highest BCUT2D eigenvalue weighted by Gasteiger charge is 2.03. The van der Waals surface area contributed by atoms with E-state index in [1.54, 1.807) is 30.5 Å². The molecule has 0 aliphatic rings. The molecule has 3 aromatic rings. The van der Waals surface area contributed by atoms with Crippen molar-refractivity contribution in [3.63, 3.8) is 0 Å². The molecule has 0 spiro atoms. The molecule has 0 bridgehead atoms. The summed E-state index contributed by atoms with van der Waals surface area (Å²) in [7, 11) is 0. The number of benzene rings is 2. The minimum atomic E-state index is -0.298. The van der Waals surface area contributed by atoms with Crippen LogP contribution < -0.4 is 5.43 Å². The number of fused-ring (bicyclic) bond motifs is 1. The van der Waals surface area contributed by atoms with E-state index in [4.69, 9.17) is 11.6 Å². The number of hydrazone groups is 1. The second-order valence-electron chi connectivity index (χ2n) is 4.62. The van der Waals surface area contributed by atoms with Gasteiger partial charge in [0.1, 0.15) is 0 Å². The summed E-state index contributed by atoms with van der Waals surface area (Å²) in [5, 5.41) is 6.61. The highest BCUT2D eigenvalue weighted by molar-refractivity contribution is 6.30. The lowest BCUT2D eigenvalue weighted by atomic mass is 10.1. The molecule has 1 N–H and O–H groups in total. The second kappa shape index (κ2) is 6.37. The van der Waals surface area contributed by atoms with Crippen molar-refractivity contribution in [2.45, 2.75) is 0 Å². The smallest absolute Gasteiger partial charge is 0.267 e. The van der Waals surface area contributed by atoms with E-state index in [9.17, 15) is 4.79 Å². The van der Waals surface area contributed by atoms with Crippen LogP contribution in [0.1, 0.15) is 16.1 Å². The maximum atomic E-state index is 11.9. The van der Waals surface area contributed by atoms with E-state index in [1.807, 2.05) is 30.3 Å². The van der Waals surface area contributed by atoms with Gasteiger partial charge in [-0.15, -0.1) is 0 Å². The summed E-state index contributed by atoms with van der Waals surface area (Å²) in [5.41, 5.74) is 3.68. The van der Waals surface area contributed by atoms with Crippen LogP contribution in [0.25, 0.3) is 10.8 Å². The molecule has 0 fully saturated rings. The average Bonchev–Trinajstić information content (AvgIpc) is 2.55. The van der Waals surface area contributed by atoms with Gasteiger partial charge in [0.05, 0.1) is 11.9 Å². The number of nitrogens with zero attached hydrogens (tertiary/aromatic N) is 2. The molecule has 1 heterocycles. The minimum Gasteiger partial charge on any atom is -0.267 e. The van der Waals surface area contributed by atoms with E-state index >= 15 is 0 Å². The summed E-state index contributed by atoms with van der Waals surface area (Å²) >= 11 is 5.79. The van der Waals surface area contributed by atoms with Gasteiger partial charge < -0.3 is 0 Å². The van der Waals surface area contributed by atoms with E-state index in [0.717, 1.165) is 10.8 Å². The van der Waals surface area contributed by atoms with Crippen molar-refractivity contribution in [2.75, 3.05) is 0 Å². The Kier molecular flexibility index (Phi) is 4.12. The van der Waals surface area contributed by atoms with Gasteiger partial charge >= 0.3 is 0 Å². The number of nitrogens with one attached hydrogen (secondary N) is 1. The summed E-state index contributed by atoms with van der Waals surface area (Å²) in [6.45, 7) is 0. The topological polar surface area (TPSA) is 54.4 Å². The molecule has 4 nitrogen and oxygen atoms in total. The Morgan fingerprint density at radius 2 is 1.86 bits per heavy atom. The molecular formula is C17H12ClN3O. The van der Waals surface area contributed by atoms with Crippen LogP contribution in [0.5, 0.6) is 0 Å². The van der Waals surface area contributed by atoms with Gasteiger partial charge in [-0.05, 0) is 35.7 Å². The minimum absolute atomic E-state index is 0.298. The van der Waals surface area contributed by atoms with Crippen molar-refractivity contribution in [1.82, 2.24) is 10.4 Å². The lowest BCUT2D eigenvalue weighted by Gasteiger charge is -2.01. The molecule has 0 unspecified atom stereocenters. The number of hydrogen-bond donors (Lipinski definition) is 1. The molecule has 22 heavy (non-hydrogen) atoms. The molecule has 2 aromatic carbocycles. The van der Waals surface area contributed by atoms with Crippen molar-refractivity contribution in [3.8, 4) is 0 Å². The number of rotatable bonds is 3. The fourth-order valence-electron chi connectivity index (χ4n) is 2.06. The molecule has 0 saturated carbocycles. The third kappa shape index (κ3) is 3.13. The molecule has 5 heteroatoms. The Hall–Kier alpha value is -2.72. The first-order chi connectivity index (χ1) is 10.7. The maximum absolute atomic E-state index is 11.9. The van der Waals surface area contributed by atoms with Crippen LogP contribution >= 0.6 is 11.6 Å². The van der Waals surface area contributed by atoms with Gasteiger partial charge in [-0.1, -0.05) is 35.9 Å². The number of carbonyl (C=O) groups is 1. The van der Waals surface area contributed by atoms with Crippen LogP contribution in [-0.2, 0) is 0 Å². The van der Waals surface area contributed by atoms with Gasteiger partial charge in [0.2, 0.25) is 0 Å². The molecule has 0 aliphatic carbocycles. The predicted molar refractivity (Wildman–Crippen MR) is 88.3 cm³/mol. The normalized spacial score (nSPS) is 11.0. The predicted octanol–water partition coefficient (Wildman–Crippen LogP) is 3.65. The third-order valence-corrected chi connectivity index (χ3v) is 3.42. The molecule has 108 valence electrons. The number of amides is 1. The van der Waals surface area contributed by atoms with Crippen molar-refractivity contribution in [3.05, 3.63) is 77.1 Å². The van der Waals surface area contributed by atoms with Gasteiger partial charge in [-0.25, -0.2) is 5.43 Å². The lowest BCUT2D eigenvalue weighted by Crippen LogP contribution is -2.17. The zero-order valence-corrected chi connectivity index (χ0v) is 12.3. The fourth-order valence-corrected chi connectivity index (χ4v) is 2.19. The quantitative estimate of drug-likeness (QED) is 0.593.